The van der Waals surface area contributed by atoms with Crippen LogP contribution in [0.1, 0.15) is 22.3 Å². The lowest BCUT2D eigenvalue weighted by molar-refractivity contribution is 0.935. The van der Waals surface area contributed by atoms with Crippen LogP contribution in [0.15, 0.2) is 82.4 Å². The lowest BCUT2D eigenvalue weighted by atomic mass is 10.1. The number of rotatable bonds is 4. The van der Waals surface area contributed by atoms with Gasteiger partial charge in [0.25, 0.3) is 11.1 Å². The molecule has 194 valence electrons. The molecular weight excluding hydrogens is 541 g/mol. The van der Waals surface area contributed by atoms with Crippen LogP contribution in [0.5, 0.6) is 0 Å². The molecule has 8 nitrogen and oxygen atoms in total. The molecule has 0 unspecified atom stereocenters. The highest BCUT2D eigenvalue weighted by molar-refractivity contribution is 7.15. The maximum Gasteiger partial charge on any atom is 0.291 e. The van der Waals surface area contributed by atoms with Gasteiger partial charge in [-0.1, -0.05) is 101 Å². The average Bonchev–Trinajstić information content (AvgIpc) is 3.70. The first-order valence-electron chi connectivity index (χ1n) is 12.5. The highest BCUT2D eigenvalue weighted by atomic mass is 32.1. The third-order valence-corrected chi connectivity index (χ3v) is 8.41. The van der Waals surface area contributed by atoms with Crippen molar-refractivity contribution >= 4 is 44.7 Å². The van der Waals surface area contributed by atoms with Crippen LogP contribution in [0.3, 0.4) is 0 Å². The normalized spacial score (nSPS) is 12.8. The summed E-state index contributed by atoms with van der Waals surface area (Å²) in [5.74, 6) is 0.875. The summed E-state index contributed by atoms with van der Waals surface area (Å²) in [4.78, 5) is 36.2. The molecule has 10 heteroatoms. The second-order valence-electron chi connectivity index (χ2n) is 9.49. The summed E-state index contributed by atoms with van der Waals surface area (Å²) in [6.07, 6.45) is 3.71. The van der Waals surface area contributed by atoms with E-state index in [9.17, 15) is 9.59 Å². The van der Waals surface area contributed by atoms with Gasteiger partial charge in [0.1, 0.15) is 0 Å². The average molecular weight is 561 g/mol. The monoisotopic (exact) mass is 560 g/mol. The molecule has 0 aliphatic heterocycles. The standard InChI is InChI=1S/C30H20N6O2S2/c1-17-6-10-19(11-7-17)14-23-27(37)35-29(39-23)31-25(33-35)21-4-3-5-22(16-21)26-32-30-36(34-26)28(38)24(40-30)15-20-12-8-18(2)9-13-20/h3-16H,1-2H3/b23-14+,24-15+. The van der Waals surface area contributed by atoms with Gasteiger partial charge >= 0.3 is 0 Å². The van der Waals surface area contributed by atoms with Crippen molar-refractivity contribution in [2.24, 2.45) is 0 Å². The molecule has 0 radical (unpaired) electrons. The van der Waals surface area contributed by atoms with Gasteiger partial charge in [0.2, 0.25) is 9.92 Å². The van der Waals surface area contributed by atoms with Crippen molar-refractivity contribution in [3.05, 3.63) is 125 Å². The first-order valence-corrected chi connectivity index (χ1v) is 14.1. The molecule has 0 saturated heterocycles. The lowest BCUT2D eigenvalue weighted by Crippen LogP contribution is -2.23. The second kappa shape index (κ2) is 9.44. The van der Waals surface area contributed by atoms with Crippen LogP contribution in [0.25, 0.3) is 44.8 Å². The van der Waals surface area contributed by atoms with Gasteiger partial charge in [0.15, 0.2) is 11.6 Å². The zero-order valence-electron chi connectivity index (χ0n) is 21.4. The molecule has 40 heavy (non-hydrogen) atoms. The van der Waals surface area contributed by atoms with E-state index in [4.69, 9.17) is 0 Å². The van der Waals surface area contributed by atoms with Gasteiger partial charge in [0, 0.05) is 11.1 Å². The van der Waals surface area contributed by atoms with Crippen LogP contribution in [0.4, 0.5) is 0 Å². The van der Waals surface area contributed by atoms with Crippen molar-refractivity contribution in [1.29, 1.82) is 0 Å². The fourth-order valence-corrected chi connectivity index (χ4v) is 6.15. The molecule has 0 aliphatic carbocycles. The Morgan fingerprint density at radius 2 is 1.05 bits per heavy atom. The highest BCUT2D eigenvalue weighted by Crippen LogP contribution is 2.23. The molecule has 3 aromatic carbocycles. The molecular formula is C30H20N6O2S2. The Kier molecular flexibility index (Phi) is 5.72. The number of thiazole rings is 2. The van der Waals surface area contributed by atoms with Crippen molar-refractivity contribution in [2.75, 3.05) is 0 Å². The topological polar surface area (TPSA) is 94.5 Å². The third-order valence-electron chi connectivity index (χ3n) is 6.49. The quantitative estimate of drug-likeness (QED) is 0.326. The van der Waals surface area contributed by atoms with E-state index in [1.807, 2.05) is 98.8 Å². The van der Waals surface area contributed by atoms with Crippen LogP contribution in [0, 0.1) is 13.8 Å². The maximum absolute atomic E-state index is 13.0. The van der Waals surface area contributed by atoms with Crippen molar-refractivity contribution in [3.8, 4) is 22.8 Å². The molecule has 0 spiro atoms. The Labute approximate surface area is 234 Å². The SMILES string of the molecule is Cc1ccc(/C=c2/sc3nc(-c4cccc(-c5nc6s/c(=C/c7ccc(C)cc7)c(=O)n6n5)c4)nn3c2=O)cc1. The van der Waals surface area contributed by atoms with E-state index < -0.39 is 0 Å². The summed E-state index contributed by atoms with van der Waals surface area (Å²) in [6.45, 7) is 4.05. The minimum Gasteiger partial charge on any atom is -0.266 e. The van der Waals surface area contributed by atoms with E-state index in [0.717, 1.165) is 33.4 Å². The predicted octanol–water partition coefficient (Wildman–Crippen LogP) is 3.66. The van der Waals surface area contributed by atoms with Crippen molar-refractivity contribution in [1.82, 2.24) is 29.2 Å². The molecule has 0 atom stereocenters. The predicted molar refractivity (Wildman–Crippen MR) is 159 cm³/mol. The van der Waals surface area contributed by atoms with Crippen LogP contribution in [-0.4, -0.2) is 29.2 Å². The van der Waals surface area contributed by atoms with Crippen LogP contribution < -0.4 is 20.2 Å². The highest BCUT2D eigenvalue weighted by Gasteiger charge is 2.15. The number of fused-ring (bicyclic) bond motifs is 2. The molecule has 0 aliphatic rings. The molecule has 0 amide bonds. The Morgan fingerprint density at radius 1 is 0.625 bits per heavy atom. The first kappa shape index (κ1) is 24.3. The Hall–Kier alpha value is -4.80. The summed E-state index contributed by atoms with van der Waals surface area (Å²) in [7, 11) is 0. The number of nitrogens with zero attached hydrogens (tertiary/aromatic N) is 6. The zero-order valence-corrected chi connectivity index (χ0v) is 23.0. The minimum atomic E-state index is -0.201. The molecule has 4 heterocycles. The summed E-state index contributed by atoms with van der Waals surface area (Å²) in [5, 5.41) is 8.97. The minimum absolute atomic E-state index is 0.201. The Bertz CT molecular complexity index is 2120. The van der Waals surface area contributed by atoms with Gasteiger partial charge in [-0.15, -0.1) is 10.2 Å². The van der Waals surface area contributed by atoms with E-state index in [2.05, 4.69) is 20.2 Å². The first-order chi connectivity index (χ1) is 19.4. The van der Waals surface area contributed by atoms with E-state index >= 15 is 0 Å². The van der Waals surface area contributed by atoms with Crippen molar-refractivity contribution in [2.45, 2.75) is 13.8 Å². The molecule has 0 bridgehead atoms. The number of benzene rings is 3. The van der Waals surface area contributed by atoms with Crippen LogP contribution >= 0.6 is 22.7 Å². The number of hydrogen-bond acceptors (Lipinski definition) is 8. The van der Waals surface area contributed by atoms with Gasteiger partial charge in [-0.25, -0.2) is 0 Å². The summed E-state index contributed by atoms with van der Waals surface area (Å²) in [6, 6.07) is 23.4. The second-order valence-corrected chi connectivity index (χ2v) is 11.5. The van der Waals surface area contributed by atoms with Gasteiger partial charge in [-0.05, 0) is 43.2 Å². The lowest BCUT2D eigenvalue weighted by Gasteiger charge is -1.98. The fourth-order valence-electron chi connectivity index (χ4n) is 4.34. The largest absolute Gasteiger partial charge is 0.291 e. The number of aryl methyl sites for hydroxylation is 2. The van der Waals surface area contributed by atoms with Gasteiger partial charge in [0.05, 0.1) is 9.06 Å². The fraction of sp³-hybridized carbons (Fsp3) is 0.0667. The van der Waals surface area contributed by atoms with Gasteiger partial charge in [-0.3, -0.25) is 9.59 Å². The maximum atomic E-state index is 13.0. The van der Waals surface area contributed by atoms with Crippen molar-refractivity contribution in [3.63, 3.8) is 0 Å². The van der Waals surface area contributed by atoms with E-state index in [1.165, 1.54) is 31.7 Å². The van der Waals surface area contributed by atoms with Crippen molar-refractivity contribution < 1.29 is 0 Å². The summed E-state index contributed by atoms with van der Waals surface area (Å²) in [5.41, 5.74) is 5.28. The molecule has 0 saturated carbocycles. The molecule has 4 aromatic heterocycles. The van der Waals surface area contributed by atoms with E-state index in [-0.39, 0.29) is 11.1 Å². The zero-order chi connectivity index (χ0) is 27.4. The summed E-state index contributed by atoms with van der Waals surface area (Å²) >= 11 is 2.61. The van der Waals surface area contributed by atoms with Gasteiger partial charge in [-0.2, -0.15) is 19.0 Å². The third kappa shape index (κ3) is 4.33. The summed E-state index contributed by atoms with van der Waals surface area (Å²) < 4.78 is 3.84. The van der Waals surface area contributed by atoms with Crippen LogP contribution in [-0.2, 0) is 0 Å². The Balaban J connectivity index is 1.22. The number of hydrogen-bond donors (Lipinski definition) is 0. The molecule has 0 fully saturated rings. The van der Waals surface area contributed by atoms with Gasteiger partial charge < -0.3 is 0 Å². The van der Waals surface area contributed by atoms with E-state index in [0.29, 0.717) is 30.6 Å². The molecule has 0 N–H and O–H groups in total. The smallest absolute Gasteiger partial charge is 0.266 e. The molecule has 7 rings (SSSR count). The van der Waals surface area contributed by atoms with Crippen LogP contribution in [0.2, 0.25) is 0 Å². The Morgan fingerprint density at radius 3 is 1.45 bits per heavy atom. The molecule has 7 aromatic rings. The van der Waals surface area contributed by atoms with E-state index in [1.54, 1.807) is 0 Å². The number of aromatic nitrogens is 6.